The molecule has 0 spiro atoms. The monoisotopic (exact) mass is 256 g/mol. The van der Waals surface area contributed by atoms with Crippen molar-refractivity contribution in [2.75, 3.05) is 0 Å². The number of carbonyl (C=O) groups is 2. The quantitative estimate of drug-likeness (QED) is 0.617. The molecule has 2 heterocycles. The molecule has 0 saturated carbocycles. The summed E-state index contributed by atoms with van der Waals surface area (Å²) >= 11 is 0. The van der Waals surface area contributed by atoms with Crippen LogP contribution in [-0.4, -0.2) is 21.7 Å². The largest absolute Gasteiger partial charge is 0.449 e. The maximum atomic E-state index is 12.3. The highest BCUT2D eigenvalue weighted by Crippen LogP contribution is 2.21. The highest BCUT2D eigenvalue weighted by molar-refractivity contribution is 6.00. The summed E-state index contributed by atoms with van der Waals surface area (Å²) < 4.78 is 5.10. The summed E-state index contributed by atoms with van der Waals surface area (Å²) in [5.41, 5.74) is 0.921. The molecule has 2 rings (SSSR count). The molecular formula is C14H12N2O3. The van der Waals surface area contributed by atoms with Crippen molar-refractivity contribution < 1.29 is 14.3 Å². The number of carbonyl (C=O) groups excluding carboxylic acids is 2. The molecule has 0 aromatic carbocycles. The molecule has 2 aromatic rings. The van der Waals surface area contributed by atoms with E-state index in [4.69, 9.17) is 4.74 Å². The van der Waals surface area contributed by atoms with Crippen LogP contribution in [0.3, 0.4) is 0 Å². The van der Waals surface area contributed by atoms with Gasteiger partial charge in [0.15, 0.2) is 6.10 Å². The first-order chi connectivity index (χ1) is 9.18. The van der Waals surface area contributed by atoms with Gasteiger partial charge >= 0.3 is 5.97 Å². The van der Waals surface area contributed by atoms with Gasteiger partial charge in [0, 0.05) is 42.8 Å². The summed E-state index contributed by atoms with van der Waals surface area (Å²) in [6.07, 6.45) is 5.11. The van der Waals surface area contributed by atoms with E-state index >= 15 is 0 Å². The minimum absolute atomic E-state index is 0.323. The van der Waals surface area contributed by atoms with Gasteiger partial charge in [-0.2, -0.15) is 0 Å². The second-order valence-electron chi connectivity index (χ2n) is 3.88. The zero-order valence-electron chi connectivity index (χ0n) is 10.3. The lowest BCUT2D eigenvalue weighted by Crippen LogP contribution is -2.19. The standard InChI is InChI=1S/C14H12N2O3/c1-10(17)19-14(12-5-3-7-16-9-12)13(18)11-4-2-6-15-8-11/h2-9,14H,1H3. The molecule has 96 valence electrons. The van der Waals surface area contributed by atoms with E-state index in [0.29, 0.717) is 11.1 Å². The molecule has 0 amide bonds. The predicted octanol–water partition coefficient (Wildman–Crippen LogP) is 1.96. The number of esters is 1. The van der Waals surface area contributed by atoms with Gasteiger partial charge in [0.25, 0.3) is 0 Å². The first kappa shape index (κ1) is 12.9. The highest BCUT2D eigenvalue weighted by atomic mass is 16.5. The molecule has 5 nitrogen and oxygen atoms in total. The van der Waals surface area contributed by atoms with Gasteiger partial charge in [-0.1, -0.05) is 6.07 Å². The molecule has 0 bridgehead atoms. The number of ketones is 1. The van der Waals surface area contributed by atoms with Gasteiger partial charge in [-0.05, 0) is 18.2 Å². The third kappa shape index (κ3) is 3.22. The van der Waals surface area contributed by atoms with Crippen LogP contribution in [0.1, 0.15) is 28.9 Å². The molecule has 0 fully saturated rings. The molecular weight excluding hydrogens is 244 g/mol. The van der Waals surface area contributed by atoms with Gasteiger partial charge in [0.1, 0.15) is 0 Å². The Morgan fingerprint density at radius 2 is 1.79 bits per heavy atom. The van der Waals surface area contributed by atoms with Crippen molar-refractivity contribution >= 4 is 11.8 Å². The Kier molecular flexibility index (Phi) is 3.97. The molecule has 0 aliphatic heterocycles. The van der Waals surface area contributed by atoms with E-state index in [-0.39, 0.29) is 5.78 Å². The van der Waals surface area contributed by atoms with E-state index < -0.39 is 12.1 Å². The second-order valence-corrected chi connectivity index (χ2v) is 3.88. The molecule has 0 aliphatic rings. The molecule has 0 aliphatic carbocycles. The summed E-state index contributed by atoms with van der Waals surface area (Å²) in [4.78, 5) is 31.3. The fourth-order valence-corrected chi connectivity index (χ4v) is 1.63. The maximum Gasteiger partial charge on any atom is 0.303 e. The topological polar surface area (TPSA) is 69.2 Å². The minimum Gasteiger partial charge on any atom is -0.449 e. The van der Waals surface area contributed by atoms with Crippen molar-refractivity contribution in [3.8, 4) is 0 Å². The SMILES string of the molecule is CC(=O)OC(C(=O)c1cccnc1)c1cccnc1. The van der Waals surface area contributed by atoms with Gasteiger partial charge in [0.2, 0.25) is 5.78 Å². The summed E-state index contributed by atoms with van der Waals surface area (Å²) in [7, 11) is 0. The van der Waals surface area contributed by atoms with Crippen LogP contribution in [0.5, 0.6) is 0 Å². The van der Waals surface area contributed by atoms with Crippen molar-refractivity contribution in [1.82, 2.24) is 9.97 Å². The Bertz CT molecular complexity index is 570. The van der Waals surface area contributed by atoms with Gasteiger partial charge in [0.05, 0.1) is 0 Å². The lowest BCUT2D eigenvalue weighted by Gasteiger charge is -2.15. The van der Waals surface area contributed by atoms with Gasteiger partial charge in [-0.15, -0.1) is 0 Å². The van der Waals surface area contributed by atoms with Gasteiger partial charge in [-0.3, -0.25) is 19.6 Å². The van der Waals surface area contributed by atoms with Crippen molar-refractivity contribution in [3.63, 3.8) is 0 Å². The predicted molar refractivity (Wildman–Crippen MR) is 67.3 cm³/mol. The lowest BCUT2D eigenvalue weighted by molar-refractivity contribution is -0.144. The zero-order valence-corrected chi connectivity index (χ0v) is 10.3. The van der Waals surface area contributed by atoms with Crippen LogP contribution >= 0.6 is 0 Å². The molecule has 5 heteroatoms. The van der Waals surface area contributed by atoms with E-state index in [0.717, 1.165) is 0 Å². The molecule has 0 N–H and O–H groups in total. The Morgan fingerprint density at radius 1 is 1.11 bits per heavy atom. The van der Waals surface area contributed by atoms with E-state index in [9.17, 15) is 9.59 Å². The van der Waals surface area contributed by atoms with Crippen molar-refractivity contribution in [1.29, 1.82) is 0 Å². The van der Waals surface area contributed by atoms with E-state index in [1.165, 1.54) is 19.3 Å². The Hall–Kier alpha value is -2.56. The fourth-order valence-electron chi connectivity index (χ4n) is 1.63. The van der Waals surface area contributed by atoms with E-state index in [1.807, 2.05) is 0 Å². The third-order valence-corrected chi connectivity index (χ3v) is 2.46. The van der Waals surface area contributed by atoms with Crippen molar-refractivity contribution in [2.24, 2.45) is 0 Å². The van der Waals surface area contributed by atoms with Gasteiger partial charge in [-0.25, -0.2) is 0 Å². The first-order valence-electron chi connectivity index (χ1n) is 5.70. The Morgan fingerprint density at radius 3 is 2.32 bits per heavy atom. The average molecular weight is 256 g/mol. The van der Waals surface area contributed by atoms with Crippen LogP contribution in [0, 0.1) is 0 Å². The number of hydrogen-bond acceptors (Lipinski definition) is 5. The third-order valence-electron chi connectivity index (χ3n) is 2.46. The van der Waals surface area contributed by atoms with Crippen LogP contribution in [0.4, 0.5) is 0 Å². The molecule has 2 aromatic heterocycles. The lowest BCUT2D eigenvalue weighted by atomic mass is 10.0. The van der Waals surface area contributed by atoms with Crippen LogP contribution in [-0.2, 0) is 9.53 Å². The Balaban J connectivity index is 2.33. The van der Waals surface area contributed by atoms with E-state index in [2.05, 4.69) is 9.97 Å². The number of ether oxygens (including phenoxy) is 1. The zero-order chi connectivity index (χ0) is 13.7. The van der Waals surface area contributed by atoms with Gasteiger partial charge < -0.3 is 4.74 Å². The fraction of sp³-hybridized carbons (Fsp3) is 0.143. The van der Waals surface area contributed by atoms with Crippen LogP contribution in [0.15, 0.2) is 49.1 Å². The maximum absolute atomic E-state index is 12.3. The summed E-state index contributed by atoms with van der Waals surface area (Å²) in [6.45, 7) is 1.26. The molecule has 1 unspecified atom stereocenters. The number of hydrogen-bond donors (Lipinski definition) is 0. The van der Waals surface area contributed by atoms with Crippen molar-refractivity contribution in [2.45, 2.75) is 13.0 Å². The second kappa shape index (κ2) is 5.86. The highest BCUT2D eigenvalue weighted by Gasteiger charge is 2.25. The smallest absolute Gasteiger partial charge is 0.303 e. The number of aromatic nitrogens is 2. The average Bonchev–Trinajstić information content (AvgIpc) is 2.46. The number of rotatable bonds is 4. The number of nitrogens with zero attached hydrogens (tertiary/aromatic N) is 2. The normalized spacial score (nSPS) is 11.6. The summed E-state index contributed by atoms with van der Waals surface area (Å²) in [5.74, 6) is -0.845. The van der Waals surface area contributed by atoms with Crippen LogP contribution in [0.2, 0.25) is 0 Å². The first-order valence-corrected chi connectivity index (χ1v) is 5.70. The summed E-state index contributed by atoms with van der Waals surface area (Å²) in [6, 6.07) is 6.65. The molecule has 0 radical (unpaired) electrons. The summed E-state index contributed by atoms with van der Waals surface area (Å²) in [5, 5.41) is 0. The minimum atomic E-state index is -0.990. The van der Waals surface area contributed by atoms with E-state index in [1.54, 1.807) is 36.7 Å². The molecule has 1 atom stereocenters. The molecule has 0 saturated heterocycles. The molecule has 19 heavy (non-hydrogen) atoms. The van der Waals surface area contributed by atoms with Crippen LogP contribution < -0.4 is 0 Å². The number of pyridine rings is 2. The number of Topliss-reactive ketones (excluding diaryl/α,β-unsaturated/α-hetero) is 1. The Labute approximate surface area is 110 Å². The van der Waals surface area contributed by atoms with Crippen LogP contribution in [0.25, 0.3) is 0 Å². The van der Waals surface area contributed by atoms with Crippen molar-refractivity contribution in [3.05, 3.63) is 60.2 Å².